The number of aromatic hydroxyl groups is 1. The smallest absolute Gasteiger partial charge is 0.230 e. The van der Waals surface area contributed by atoms with Gasteiger partial charge in [0.05, 0.1) is 19.1 Å². The Labute approximate surface area is 179 Å². The molecule has 0 radical (unpaired) electrons. The first kappa shape index (κ1) is 22.2. The van der Waals surface area contributed by atoms with E-state index in [1.54, 1.807) is 53.4 Å². The molecule has 1 aliphatic heterocycles. The van der Waals surface area contributed by atoms with E-state index in [0.717, 1.165) is 16.7 Å². The van der Waals surface area contributed by atoms with Gasteiger partial charge in [0.2, 0.25) is 5.91 Å². The van der Waals surface area contributed by atoms with Gasteiger partial charge in [-0.15, -0.1) is 0 Å². The molecule has 1 atom stereocenters. The lowest BCUT2D eigenvalue weighted by Crippen LogP contribution is -2.46. The van der Waals surface area contributed by atoms with Gasteiger partial charge in [0.25, 0.3) is 0 Å². The molecule has 1 fully saturated rings. The molecule has 0 spiro atoms. The second kappa shape index (κ2) is 10.00. The van der Waals surface area contributed by atoms with Crippen molar-refractivity contribution < 1.29 is 23.8 Å². The largest absolute Gasteiger partial charge is 0.508 e. The van der Waals surface area contributed by atoms with Crippen LogP contribution in [0.25, 0.3) is 5.57 Å². The molecule has 1 saturated heterocycles. The van der Waals surface area contributed by atoms with Crippen molar-refractivity contribution in [1.29, 1.82) is 0 Å². The van der Waals surface area contributed by atoms with E-state index in [1.165, 1.54) is 24.3 Å². The molecule has 6 heteroatoms. The van der Waals surface area contributed by atoms with Gasteiger partial charge in [0.15, 0.2) is 0 Å². The molecule has 31 heavy (non-hydrogen) atoms. The van der Waals surface area contributed by atoms with Gasteiger partial charge < -0.3 is 15.1 Å². The summed E-state index contributed by atoms with van der Waals surface area (Å²) < 4.78 is 25.4. The maximum Gasteiger partial charge on any atom is 0.230 e. The molecule has 3 aromatic carbocycles. The van der Waals surface area contributed by atoms with E-state index in [0.29, 0.717) is 12.1 Å². The van der Waals surface area contributed by atoms with E-state index < -0.39 is 0 Å². The number of anilines is 1. The summed E-state index contributed by atoms with van der Waals surface area (Å²) >= 11 is 0. The minimum absolute atomic E-state index is 0.0118. The lowest BCUT2D eigenvalue weighted by molar-refractivity contribution is -0.124. The van der Waals surface area contributed by atoms with E-state index in [1.807, 2.05) is 13.0 Å². The van der Waals surface area contributed by atoms with Gasteiger partial charge in [0.1, 0.15) is 17.4 Å². The van der Waals surface area contributed by atoms with Crippen molar-refractivity contribution in [3.63, 3.8) is 0 Å². The SMILES string of the molecule is C/C=C(\CO)c1ccc(F)cc1.O=C1C[C@@H](c2ccc(O)cc2)N1c1ccc(F)cc1. The normalized spacial score (nSPS) is 15.7. The lowest BCUT2D eigenvalue weighted by Gasteiger charge is -2.40. The van der Waals surface area contributed by atoms with Crippen LogP contribution >= 0.6 is 0 Å². The van der Waals surface area contributed by atoms with E-state index >= 15 is 0 Å². The van der Waals surface area contributed by atoms with E-state index in [-0.39, 0.29) is 35.9 Å². The fourth-order valence-corrected chi connectivity index (χ4v) is 3.32. The first-order valence-corrected chi connectivity index (χ1v) is 9.81. The number of carbonyl (C=O) groups excluding carboxylic acids is 1. The zero-order chi connectivity index (χ0) is 22.4. The summed E-state index contributed by atoms with van der Waals surface area (Å²) in [5, 5.41) is 18.2. The Hall–Kier alpha value is -3.51. The molecule has 0 aliphatic carbocycles. The number of halogens is 2. The predicted octanol–water partition coefficient (Wildman–Crippen LogP) is 5.23. The van der Waals surface area contributed by atoms with Crippen molar-refractivity contribution in [1.82, 2.24) is 0 Å². The highest BCUT2D eigenvalue weighted by Crippen LogP contribution is 2.39. The topological polar surface area (TPSA) is 60.8 Å². The number of β-lactam (4-membered cyclic amide) rings is 1. The standard InChI is InChI=1S/C15H12FNO2.C10H11FO/c16-11-3-5-12(6-4-11)17-14(9-15(17)19)10-1-7-13(18)8-2-10;1-2-8(7-12)9-3-5-10(11)6-4-9/h1-8,14,18H,9H2;2-6,12H,7H2,1H3/b;8-2+/t14-;/m0./s1. The summed E-state index contributed by atoms with van der Waals surface area (Å²) in [4.78, 5) is 13.4. The molecule has 4 rings (SSSR count). The van der Waals surface area contributed by atoms with Crippen molar-refractivity contribution in [3.05, 3.63) is 102 Å². The summed E-state index contributed by atoms with van der Waals surface area (Å²) in [7, 11) is 0. The van der Waals surface area contributed by atoms with E-state index in [2.05, 4.69) is 0 Å². The molecule has 2 N–H and O–H groups in total. The average molecular weight is 423 g/mol. The van der Waals surface area contributed by atoms with Crippen LogP contribution in [0.4, 0.5) is 14.5 Å². The Morgan fingerprint density at radius 2 is 1.52 bits per heavy atom. The Morgan fingerprint density at radius 3 is 2.00 bits per heavy atom. The van der Waals surface area contributed by atoms with Crippen molar-refractivity contribution in [2.45, 2.75) is 19.4 Å². The fourth-order valence-electron chi connectivity index (χ4n) is 3.32. The molecular weight excluding hydrogens is 400 g/mol. The van der Waals surface area contributed by atoms with Gasteiger partial charge >= 0.3 is 0 Å². The Morgan fingerprint density at radius 1 is 0.968 bits per heavy atom. The molecule has 1 amide bonds. The highest BCUT2D eigenvalue weighted by Gasteiger charge is 2.38. The number of hydrogen-bond acceptors (Lipinski definition) is 3. The number of aliphatic hydroxyl groups excluding tert-OH is 1. The highest BCUT2D eigenvalue weighted by molar-refractivity contribution is 6.01. The number of allylic oxidation sites excluding steroid dienone is 1. The molecule has 160 valence electrons. The monoisotopic (exact) mass is 423 g/mol. The third-order valence-electron chi connectivity index (χ3n) is 5.06. The van der Waals surface area contributed by atoms with Crippen molar-refractivity contribution in [3.8, 4) is 5.75 Å². The number of aliphatic hydroxyl groups is 1. The van der Waals surface area contributed by atoms with Gasteiger partial charge in [-0.25, -0.2) is 8.78 Å². The third kappa shape index (κ3) is 5.35. The molecule has 1 aliphatic rings. The minimum Gasteiger partial charge on any atom is -0.508 e. The van der Waals surface area contributed by atoms with E-state index in [4.69, 9.17) is 5.11 Å². The van der Waals surface area contributed by atoms with Crippen molar-refractivity contribution in [2.24, 2.45) is 0 Å². The number of carbonyl (C=O) groups is 1. The zero-order valence-corrected chi connectivity index (χ0v) is 17.0. The quantitative estimate of drug-likeness (QED) is 0.565. The van der Waals surface area contributed by atoms with Crippen LogP contribution < -0.4 is 4.90 Å². The number of amides is 1. The number of phenols is 1. The average Bonchev–Trinajstić information content (AvgIpc) is 2.77. The molecule has 3 aromatic rings. The van der Waals surface area contributed by atoms with Gasteiger partial charge in [-0.1, -0.05) is 30.3 Å². The number of phenolic OH excluding ortho intramolecular Hbond substituents is 1. The van der Waals surface area contributed by atoms with Crippen molar-refractivity contribution in [2.75, 3.05) is 11.5 Å². The summed E-state index contributed by atoms with van der Waals surface area (Å²) in [5.74, 6) is -0.363. The third-order valence-corrected chi connectivity index (χ3v) is 5.06. The molecule has 0 unspecified atom stereocenters. The Kier molecular flexibility index (Phi) is 7.15. The Balaban J connectivity index is 0.000000196. The van der Waals surface area contributed by atoms with Gasteiger partial charge in [-0.05, 0) is 72.2 Å². The Bertz CT molecular complexity index is 1050. The van der Waals surface area contributed by atoms with Crippen molar-refractivity contribution >= 4 is 17.2 Å². The maximum absolute atomic E-state index is 12.9. The fraction of sp³-hybridized carbons (Fsp3) is 0.160. The van der Waals surface area contributed by atoms with Gasteiger partial charge in [0, 0.05) is 5.69 Å². The van der Waals surface area contributed by atoms with Crippen LogP contribution in [-0.4, -0.2) is 22.7 Å². The number of benzene rings is 3. The molecule has 1 heterocycles. The molecule has 4 nitrogen and oxygen atoms in total. The van der Waals surface area contributed by atoms with Gasteiger partial charge in [-0.2, -0.15) is 0 Å². The summed E-state index contributed by atoms with van der Waals surface area (Å²) in [6.45, 7) is 1.83. The second-order valence-corrected chi connectivity index (χ2v) is 7.03. The van der Waals surface area contributed by atoms with Crippen LogP contribution in [0.15, 0.2) is 78.9 Å². The number of hydrogen-bond donors (Lipinski definition) is 2. The number of rotatable bonds is 4. The predicted molar refractivity (Wildman–Crippen MR) is 116 cm³/mol. The highest BCUT2D eigenvalue weighted by atomic mass is 19.1. The minimum atomic E-state index is -0.321. The molecule has 0 saturated carbocycles. The van der Waals surface area contributed by atoms with Crippen LogP contribution in [0.1, 0.15) is 30.5 Å². The maximum atomic E-state index is 12.9. The summed E-state index contributed by atoms with van der Waals surface area (Å²) in [6, 6.07) is 18.7. The summed E-state index contributed by atoms with van der Waals surface area (Å²) in [5.41, 5.74) is 3.33. The summed E-state index contributed by atoms with van der Waals surface area (Å²) in [6.07, 6.45) is 2.25. The van der Waals surface area contributed by atoms with Crippen LogP contribution in [-0.2, 0) is 4.79 Å². The molecule has 0 bridgehead atoms. The molecular formula is C25H23F2NO3. The molecule has 0 aromatic heterocycles. The van der Waals surface area contributed by atoms with Crippen LogP contribution in [0.5, 0.6) is 5.75 Å². The van der Waals surface area contributed by atoms with Crippen LogP contribution in [0.2, 0.25) is 0 Å². The lowest BCUT2D eigenvalue weighted by atomic mass is 9.93. The number of nitrogens with zero attached hydrogens (tertiary/aromatic N) is 1. The zero-order valence-electron chi connectivity index (χ0n) is 17.0. The van der Waals surface area contributed by atoms with E-state index in [9.17, 15) is 18.7 Å². The second-order valence-electron chi connectivity index (χ2n) is 7.03. The first-order chi connectivity index (χ1) is 14.9. The first-order valence-electron chi connectivity index (χ1n) is 9.81. The van der Waals surface area contributed by atoms with Crippen LogP contribution in [0.3, 0.4) is 0 Å². The van der Waals surface area contributed by atoms with Gasteiger partial charge in [-0.3, -0.25) is 4.79 Å². The van der Waals surface area contributed by atoms with Crippen LogP contribution in [0, 0.1) is 11.6 Å².